The first kappa shape index (κ1) is 22.3. The van der Waals surface area contributed by atoms with E-state index >= 15 is 0 Å². The third-order valence-corrected chi connectivity index (χ3v) is 5.53. The summed E-state index contributed by atoms with van der Waals surface area (Å²) >= 11 is 0. The fourth-order valence-electron chi connectivity index (χ4n) is 3.86. The molecule has 1 aliphatic heterocycles. The van der Waals surface area contributed by atoms with Crippen LogP contribution in [0.1, 0.15) is 30.5 Å². The summed E-state index contributed by atoms with van der Waals surface area (Å²) in [6.45, 7) is 7.17. The van der Waals surface area contributed by atoms with Crippen molar-refractivity contribution in [2.24, 2.45) is 18.0 Å². The number of hydrogen-bond acceptors (Lipinski definition) is 4. The molecule has 2 aromatic rings. The molecule has 0 saturated carbocycles. The minimum absolute atomic E-state index is 0.208. The van der Waals surface area contributed by atoms with Crippen LogP contribution in [0.3, 0.4) is 0 Å². The summed E-state index contributed by atoms with van der Waals surface area (Å²) in [6.07, 6.45) is 5.14. The molecule has 1 N–H and O–H groups in total. The van der Waals surface area contributed by atoms with Crippen LogP contribution in [0.25, 0.3) is 0 Å². The van der Waals surface area contributed by atoms with Gasteiger partial charge in [0.25, 0.3) is 0 Å². The van der Waals surface area contributed by atoms with Crippen LogP contribution in [-0.4, -0.2) is 72.4 Å². The second-order valence-corrected chi connectivity index (χ2v) is 8.22. The predicted molar refractivity (Wildman–Crippen MR) is 121 cm³/mol. The molecule has 164 valence electrons. The molecular formula is C23H36N6O. The van der Waals surface area contributed by atoms with Crippen molar-refractivity contribution >= 4 is 5.96 Å². The SMILES string of the molecule is CCNC(=NCC(c1cnn(C)c1)N(C)C)N1CCC(COCc2ccccc2)C1. The van der Waals surface area contributed by atoms with Crippen molar-refractivity contribution in [1.29, 1.82) is 0 Å². The Kier molecular flexibility index (Phi) is 8.28. The number of guanidine groups is 1. The Labute approximate surface area is 180 Å². The van der Waals surface area contributed by atoms with Crippen molar-refractivity contribution in [3.63, 3.8) is 0 Å². The molecule has 1 aromatic carbocycles. The zero-order valence-electron chi connectivity index (χ0n) is 18.8. The van der Waals surface area contributed by atoms with Crippen LogP contribution < -0.4 is 5.32 Å². The lowest BCUT2D eigenvalue weighted by molar-refractivity contribution is 0.0906. The zero-order chi connectivity index (χ0) is 21.3. The molecule has 3 rings (SSSR count). The summed E-state index contributed by atoms with van der Waals surface area (Å²) in [4.78, 5) is 9.55. The van der Waals surface area contributed by atoms with Crippen molar-refractivity contribution in [2.75, 3.05) is 46.9 Å². The number of nitrogens with zero attached hydrogens (tertiary/aromatic N) is 5. The molecule has 30 heavy (non-hydrogen) atoms. The first-order chi connectivity index (χ1) is 14.6. The maximum atomic E-state index is 5.98. The number of benzene rings is 1. The van der Waals surface area contributed by atoms with Crippen LogP contribution in [0.4, 0.5) is 0 Å². The molecule has 2 unspecified atom stereocenters. The number of ether oxygens (including phenoxy) is 1. The molecule has 7 heteroatoms. The van der Waals surface area contributed by atoms with E-state index in [1.807, 2.05) is 24.0 Å². The quantitative estimate of drug-likeness (QED) is 0.507. The first-order valence-corrected chi connectivity index (χ1v) is 10.9. The first-order valence-electron chi connectivity index (χ1n) is 10.9. The highest BCUT2D eigenvalue weighted by Gasteiger charge is 2.25. The van der Waals surface area contributed by atoms with Crippen molar-refractivity contribution < 1.29 is 4.74 Å². The molecule has 0 aliphatic carbocycles. The lowest BCUT2D eigenvalue weighted by Gasteiger charge is -2.25. The fourth-order valence-corrected chi connectivity index (χ4v) is 3.86. The number of hydrogen-bond donors (Lipinski definition) is 1. The van der Waals surface area contributed by atoms with Gasteiger partial charge < -0.3 is 19.9 Å². The molecule has 0 bridgehead atoms. The summed E-state index contributed by atoms with van der Waals surface area (Å²) in [6, 6.07) is 10.6. The molecule has 1 fully saturated rings. The van der Waals surface area contributed by atoms with Gasteiger partial charge in [0.2, 0.25) is 0 Å². The second kappa shape index (κ2) is 11.1. The Morgan fingerprint density at radius 2 is 2.13 bits per heavy atom. The average molecular weight is 413 g/mol. The topological polar surface area (TPSA) is 57.9 Å². The second-order valence-electron chi connectivity index (χ2n) is 8.22. The van der Waals surface area contributed by atoms with E-state index in [-0.39, 0.29) is 6.04 Å². The summed E-state index contributed by atoms with van der Waals surface area (Å²) in [5, 5.41) is 7.80. The van der Waals surface area contributed by atoms with Crippen LogP contribution in [0.5, 0.6) is 0 Å². The Hall–Kier alpha value is -2.38. The Balaban J connectivity index is 1.54. The number of aliphatic imine (C=N–C) groups is 1. The van der Waals surface area contributed by atoms with Crippen LogP contribution in [-0.2, 0) is 18.4 Å². The Morgan fingerprint density at radius 3 is 2.80 bits per heavy atom. The third kappa shape index (κ3) is 6.31. The van der Waals surface area contributed by atoms with Gasteiger partial charge in [0.05, 0.1) is 32.0 Å². The van der Waals surface area contributed by atoms with E-state index in [4.69, 9.17) is 9.73 Å². The number of aryl methyl sites for hydroxylation is 1. The molecule has 0 amide bonds. The molecular weight excluding hydrogens is 376 g/mol. The van der Waals surface area contributed by atoms with Crippen LogP contribution in [0.15, 0.2) is 47.7 Å². The highest BCUT2D eigenvalue weighted by Crippen LogP contribution is 2.20. The van der Waals surface area contributed by atoms with Gasteiger partial charge in [-0.15, -0.1) is 0 Å². The number of aromatic nitrogens is 2. The van der Waals surface area contributed by atoms with E-state index in [0.717, 1.165) is 38.6 Å². The fraction of sp³-hybridized carbons (Fsp3) is 0.565. The van der Waals surface area contributed by atoms with Gasteiger partial charge in [0.1, 0.15) is 0 Å². The van der Waals surface area contributed by atoms with Gasteiger partial charge in [0.15, 0.2) is 5.96 Å². The summed E-state index contributed by atoms with van der Waals surface area (Å²) in [5.74, 6) is 1.54. The average Bonchev–Trinajstić information content (AvgIpc) is 3.37. The van der Waals surface area contributed by atoms with Gasteiger partial charge in [-0.25, -0.2) is 0 Å². The van der Waals surface area contributed by atoms with E-state index in [1.165, 1.54) is 11.1 Å². The van der Waals surface area contributed by atoms with Gasteiger partial charge in [-0.1, -0.05) is 30.3 Å². The lowest BCUT2D eigenvalue weighted by Crippen LogP contribution is -2.41. The number of likely N-dealkylation sites (N-methyl/N-ethyl adjacent to an activating group) is 1. The monoisotopic (exact) mass is 412 g/mol. The smallest absolute Gasteiger partial charge is 0.193 e. The van der Waals surface area contributed by atoms with Crippen LogP contribution >= 0.6 is 0 Å². The van der Waals surface area contributed by atoms with Crippen molar-refractivity contribution in [2.45, 2.75) is 26.0 Å². The highest BCUT2D eigenvalue weighted by molar-refractivity contribution is 5.80. The van der Waals surface area contributed by atoms with Gasteiger partial charge in [-0.3, -0.25) is 9.67 Å². The highest BCUT2D eigenvalue weighted by atomic mass is 16.5. The molecule has 0 spiro atoms. The minimum Gasteiger partial charge on any atom is -0.376 e. The van der Waals surface area contributed by atoms with E-state index in [0.29, 0.717) is 19.1 Å². The molecule has 1 aliphatic rings. The molecule has 2 atom stereocenters. The molecule has 1 saturated heterocycles. The number of nitrogens with one attached hydrogen (secondary N) is 1. The van der Waals surface area contributed by atoms with Gasteiger partial charge >= 0.3 is 0 Å². The normalized spacial score (nSPS) is 18.2. The van der Waals surface area contributed by atoms with Gasteiger partial charge in [0, 0.05) is 44.4 Å². The largest absolute Gasteiger partial charge is 0.376 e. The van der Waals surface area contributed by atoms with Crippen molar-refractivity contribution in [1.82, 2.24) is 24.9 Å². The lowest BCUT2D eigenvalue weighted by atomic mass is 10.1. The standard InChI is InChI=1S/C23H36N6O/c1-5-24-23(25-14-22(27(2)3)21-13-26-28(4)16-21)29-12-11-20(15-29)18-30-17-19-9-7-6-8-10-19/h6-10,13,16,20,22H,5,11-12,14-15,17-18H2,1-4H3,(H,24,25). The Morgan fingerprint density at radius 1 is 1.33 bits per heavy atom. The predicted octanol–water partition coefficient (Wildman–Crippen LogP) is 2.53. The third-order valence-electron chi connectivity index (χ3n) is 5.53. The molecule has 7 nitrogen and oxygen atoms in total. The van der Waals surface area contributed by atoms with Gasteiger partial charge in [-0.2, -0.15) is 5.10 Å². The maximum absolute atomic E-state index is 5.98. The summed E-state index contributed by atoms with van der Waals surface area (Å²) in [5.41, 5.74) is 2.42. The van der Waals surface area contributed by atoms with Crippen molar-refractivity contribution in [3.8, 4) is 0 Å². The maximum Gasteiger partial charge on any atom is 0.193 e. The number of rotatable bonds is 9. The number of likely N-dealkylation sites (tertiary alicyclic amines) is 1. The van der Waals surface area contributed by atoms with E-state index in [9.17, 15) is 0 Å². The van der Waals surface area contributed by atoms with E-state index in [1.54, 1.807) is 0 Å². The van der Waals surface area contributed by atoms with Crippen molar-refractivity contribution in [3.05, 3.63) is 53.9 Å². The van der Waals surface area contributed by atoms with Crippen LogP contribution in [0.2, 0.25) is 0 Å². The van der Waals surface area contributed by atoms with Gasteiger partial charge in [-0.05, 0) is 33.0 Å². The summed E-state index contributed by atoms with van der Waals surface area (Å²) in [7, 11) is 6.14. The van der Waals surface area contributed by atoms with E-state index in [2.05, 4.69) is 71.7 Å². The molecule has 1 aromatic heterocycles. The summed E-state index contributed by atoms with van der Waals surface area (Å²) < 4.78 is 7.83. The zero-order valence-corrected chi connectivity index (χ0v) is 18.8. The molecule has 2 heterocycles. The van der Waals surface area contributed by atoms with E-state index < -0.39 is 0 Å². The van der Waals surface area contributed by atoms with Crippen LogP contribution in [0, 0.1) is 5.92 Å². The minimum atomic E-state index is 0.208. The Bertz CT molecular complexity index is 788. The molecule has 0 radical (unpaired) electrons.